The first-order chi connectivity index (χ1) is 6.76. The van der Waals surface area contributed by atoms with E-state index in [1.807, 2.05) is 18.2 Å². The Morgan fingerprint density at radius 2 is 2.36 bits per heavy atom. The fourth-order valence-electron chi connectivity index (χ4n) is 2.04. The van der Waals surface area contributed by atoms with Crippen molar-refractivity contribution in [3.8, 4) is 5.75 Å². The molecule has 2 unspecified atom stereocenters. The van der Waals surface area contributed by atoms with Gasteiger partial charge in [0.25, 0.3) is 0 Å². The molecular formula is C11H15NO2. The van der Waals surface area contributed by atoms with Crippen LogP contribution in [0.1, 0.15) is 17.2 Å². The molecule has 0 aromatic heterocycles. The van der Waals surface area contributed by atoms with Crippen LogP contribution in [0.2, 0.25) is 0 Å². The summed E-state index contributed by atoms with van der Waals surface area (Å²) in [6.45, 7) is 0.151. The van der Waals surface area contributed by atoms with Crippen LogP contribution >= 0.6 is 0 Å². The highest BCUT2D eigenvalue weighted by Gasteiger charge is 2.29. The number of nitrogens with two attached hydrogens (primary N) is 1. The highest BCUT2D eigenvalue weighted by atomic mass is 16.5. The van der Waals surface area contributed by atoms with Gasteiger partial charge >= 0.3 is 0 Å². The molecule has 0 radical (unpaired) electrons. The lowest BCUT2D eigenvalue weighted by Crippen LogP contribution is -2.19. The van der Waals surface area contributed by atoms with Gasteiger partial charge in [-0.15, -0.1) is 0 Å². The predicted octanol–water partition coefficient (Wildman–Crippen LogP) is 0.860. The lowest BCUT2D eigenvalue weighted by molar-refractivity contribution is 0.214. The molecule has 0 aliphatic heterocycles. The number of hydrogen-bond donors (Lipinski definition) is 2. The van der Waals surface area contributed by atoms with E-state index in [0.29, 0.717) is 0 Å². The van der Waals surface area contributed by atoms with Crippen LogP contribution in [0.15, 0.2) is 18.2 Å². The number of ether oxygens (including phenoxy) is 1. The number of rotatable bonds is 2. The molecule has 0 bridgehead atoms. The largest absolute Gasteiger partial charge is 0.497 e. The summed E-state index contributed by atoms with van der Waals surface area (Å²) < 4.78 is 5.14. The van der Waals surface area contributed by atoms with Gasteiger partial charge in [-0.1, -0.05) is 6.07 Å². The molecular weight excluding hydrogens is 178 g/mol. The molecule has 0 fully saturated rings. The Hall–Kier alpha value is -1.06. The molecule has 76 valence electrons. The van der Waals surface area contributed by atoms with Gasteiger partial charge in [0.15, 0.2) is 0 Å². The van der Waals surface area contributed by atoms with Crippen molar-refractivity contribution in [2.24, 2.45) is 11.7 Å². The Balaban J connectivity index is 2.35. The van der Waals surface area contributed by atoms with Crippen LogP contribution in [0.25, 0.3) is 0 Å². The van der Waals surface area contributed by atoms with Crippen molar-refractivity contribution in [2.75, 3.05) is 13.7 Å². The fraction of sp³-hybridized carbons (Fsp3) is 0.455. The molecule has 3 heteroatoms. The zero-order chi connectivity index (χ0) is 10.1. The molecule has 0 saturated heterocycles. The number of hydrogen-bond acceptors (Lipinski definition) is 3. The van der Waals surface area contributed by atoms with Crippen molar-refractivity contribution in [3.05, 3.63) is 29.3 Å². The summed E-state index contributed by atoms with van der Waals surface area (Å²) in [6, 6.07) is 5.88. The second-order valence-electron chi connectivity index (χ2n) is 3.74. The van der Waals surface area contributed by atoms with E-state index in [-0.39, 0.29) is 18.6 Å². The van der Waals surface area contributed by atoms with Crippen LogP contribution in [0, 0.1) is 5.92 Å². The summed E-state index contributed by atoms with van der Waals surface area (Å²) in [4.78, 5) is 0. The summed E-state index contributed by atoms with van der Waals surface area (Å²) in [5.41, 5.74) is 8.36. The quantitative estimate of drug-likeness (QED) is 0.732. The number of aliphatic hydroxyl groups is 1. The zero-order valence-electron chi connectivity index (χ0n) is 8.23. The molecule has 1 aliphatic rings. The molecule has 3 nitrogen and oxygen atoms in total. The van der Waals surface area contributed by atoms with Gasteiger partial charge in [0.2, 0.25) is 0 Å². The normalized spacial score (nSPS) is 24.8. The average molecular weight is 193 g/mol. The SMILES string of the molecule is COc1ccc2c(c1)C(N)C(CO)C2. The van der Waals surface area contributed by atoms with Gasteiger partial charge in [-0.05, 0) is 29.7 Å². The molecule has 0 heterocycles. The minimum atomic E-state index is -0.0508. The fourth-order valence-corrected chi connectivity index (χ4v) is 2.04. The van der Waals surface area contributed by atoms with Crippen LogP contribution in [0.4, 0.5) is 0 Å². The van der Waals surface area contributed by atoms with Crippen LogP contribution in [0.5, 0.6) is 5.75 Å². The van der Waals surface area contributed by atoms with E-state index in [4.69, 9.17) is 15.6 Å². The second-order valence-corrected chi connectivity index (χ2v) is 3.74. The first-order valence-corrected chi connectivity index (χ1v) is 4.79. The van der Waals surface area contributed by atoms with E-state index < -0.39 is 0 Å². The predicted molar refractivity (Wildman–Crippen MR) is 54.2 cm³/mol. The summed E-state index contributed by atoms with van der Waals surface area (Å²) in [5, 5.41) is 9.12. The van der Waals surface area contributed by atoms with Crippen LogP contribution < -0.4 is 10.5 Å². The van der Waals surface area contributed by atoms with Crippen LogP contribution in [0.3, 0.4) is 0 Å². The number of aliphatic hydroxyl groups excluding tert-OH is 1. The Labute approximate surface area is 83.5 Å². The van der Waals surface area contributed by atoms with Crippen molar-refractivity contribution in [3.63, 3.8) is 0 Å². The number of fused-ring (bicyclic) bond motifs is 1. The van der Waals surface area contributed by atoms with E-state index >= 15 is 0 Å². The molecule has 1 aromatic rings. The molecule has 2 atom stereocenters. The van der Waals surface area contributed by atoms with Gasteiger partial charge in [0.05, 0.1) is 7.11 Å². The van der Waals surface area contributed by atoms with E-state index in [1.165, 1.54) is 5.56 Å². The Bertz CT molecular complexity index is 338. The molecule has 14 heavy (non-hydrogen) atoms. The second kappa shape index (κ2) is 3.59. The summed E-state index contributed by atoms with van der Waals surface area (Å²) in [7, 11) is 1.64. The van der Waals surface area contributed by atoms with E-state index in [2.05, 4.69) is 0 Å². The summed E-state index contributed by atoms with van der Waals surface area (Å²) in [5.74, 6) is 0.995. The van der Waals surface area contributed by atoms with Crippen LogP contribution in [-0.4, -0.2) is 18.8 Å². The number of methoxy groups -OCH3 is 1. The zero-order valence-corrected chi connectivity index (χ0v) is 8.23. The molecule has 1 aromatic carbocycles. The van der Waals surface area contributed by atoms with Crippen LogP contribution in [-0.2, 0) is 6.42 Å². The topological polar surface area (TPSA) is 55.5 Å². The first-order valence-electron chi connectivity index (χ1n) is 4.79. The number of benzene rings is 1. The third-order valence-electron chi connectivity index (χ3n) is 2.94. The molecule has 0 amide bonds. The smallest absolute Gasteiger partial charge is 0.119 e. The lowest BCUT2D eigenvalue weighted by atomic mass is 10.0. The third-order valence-corrected chi connectivity index (χ3v) is 2.94. The Morgan fingerprint density at radius 3 is 3.00 bits per heavy atom. The summed E-state index contributed by atoms with van der Waals surface area (Å²) in [6.07, 6.45) is 0.872. The molecule has 0 spiro atoms. The maximum absolute atomic E-state index is 9.12. The van der Waals surface area contributed by atoms with Gasteiger partial charge < -0.3 is 15.6 Å². The van der Waals surface area contributed by atoms with Crippen molar-refractivity contribution in [2.45, 2.75) is 12.5 Å². The van der Waals surface area contributed by atoms with Crippen molar-refractivity contribution in [1.82, 2.24) is 0 Å². The van der Waals surface area contributed by atoms with E-state index in [1.54, 1.807) is 7.11 Å². The standard InChI is InChI=1S/C11H15NO2/c1-14-9-3-2-7-4-8(6-13)11(12)10(7)5-9/h2-3,5,8,11,13H,4,6,12H2,1H3. The summed E-state index contributed by atoms with van der Waals surface area (Å²) >= 11 is 0. The minimum Gasteiger partial charge on any atom is -0.497 e. The van der Waals surface area contributed by atoms with E-state index in [9.17, 15) is 0 Å². The van der Waals surface area contributed by atoms with E-state index in [0.717, 1.165) is 17.7 Å². The van der Waals surface area contributed by atoms with Gasteiger partial charge in [0, 0.05) is 18.6 Å². The minimum absolute atomic E-state index is 0.0508. The lowest BCUT2D eigenvalue weighted by Gasteiger charge is -2.12. The third kappa shape index (κ3) is 1.38. The highest BCUT2D eigenvalue weighted by molar-refractivity contribution is 5.41. The average Bonchev–Trinajstić information content (AvgIpc) is 2.55. The Morgan fingerprint density at radius 1 is 1.57 bits per heavy atom. The maximum atomic E-state index is 9.12. The maximum Gasteiger partial charge on any atom is 0.119 e. The molecule has 0 saturated carbocycles. The monoisotopic (exact) mass is 193 g/mol. The van der Waals surface area contributed by atoms with Gasteiger partial charge in [-0.3, -0.25) is 0 Å². The molecule has 1 aliphatic carbocycles. The van der Waals surface area contributed by atoms with Crippen molar-refractivity contribution < 1.29 is 9.84 Å². The first kappa shape index (κ1) is 9.49. The highest BCUT2D eigenvalue weighted by Crippen LogP contribution is 2.35. The van der Waals surface area contributed by atoms with Crippen molar-refractivity contribution in [1.29, 1.82) is 0 Å². The Kier molecular flexibility index (Phi) is 2.44. The van der Waals surface area contributed by atoms with Gasteiger partial charge in [-0.2, -0.15) is 0 Å². The van der Waals surface area contributed by atoms with Gasteiger partial charge in [0.1, 0.15) is 5.75 Å². The molecule has 3 N–H and O–H groups in total. The van der Waals surface area contributed by atoms with Gasteiger partial charge in [-0.25, -0.2) is 0 Å². The molecule has 2 rings (SSSR count). The van der Waals surface area contributed by atoms with Crippen molar-refractivity contribution >= 4 is 0 Å².